The van der Waals surface area contributed by atoms with Crippen molar-refractivity contribution in [1.82, 2.24) is 0 Å². The molecule has 0 aliphatic rings. The summed E-state index contributed by atoms with van der Waals surface area (Å²) in [5.41, 5.74) is 0. The van der Waals surface area contributed by atoms with Crippen LogP contribution in [0.15, 0.2) is 48.9 Å². The summed E-state index contributed by atoms with van der Waals surface area (Å²) in [5.74, 6) is 1.60. The molecule has 0 unspecified atom stereocenters. The molecule has 1 aromatic carbocycles. The van der Waals surface area contributed by atoms with Gasteiger partial charge in [0.1, 0.15) is 11.5 Å². The predicted molar refractivity (Wildman–Crippen MR) is 57.3 cm³/mol. The number of allylic oxidation sites excluding steroid dienone is 2. The first kappa shape index (κ1) is 10.4. The van der Waals surface area contributed by atoms with Gasteiger partial charge in [0.15, 0.2) is 0 Å². The van der Waals surface area contributed by atoms with Crippen molar-refractivity contribution in [3.8, 4) is 11.5 Å². The van der Waals surface area contributed by atoms with E-state index >= 15 is 0 Å². The summed E-state index contributed by atoms with van der Waals surface area (Å²) in [5, 5.41) is 0. The number of benzene rings is 1. The topological polar surface area (TPSA) is 18.5 Å². The Bertz CT molecular complexity index is 277. The van der Waals surface area contributed by atoms with Crippen molar-refractivity contribution in [3.05, 3.63) is 48.9 Å². The Balaban J connectivity index is 2.58. The van der Waals surface area contributed by atoms with Gasteiger partial charge in [0.25, 0.3) is 0 Å². The smallest absolute Gasteiger partial charge is 0.126 e. The summed E-state index contributed by atoms with van der Waals surface area (Å²) in [7, 11) is 0. The van der Waals surface area contributed by atoms with Gasteiger partial charge < -0.3 is 9.47 Å². The highest BCUT2D eigenvalue weighted by Crippen LogP contribution is 2.17. The van der Waals surface area contributed by atoms with Gasteiger partial charge >= 0.3 is 0 Å². The van der Waals surface area contributed by atoms with E-state index in [-0.39, 0.29) is 0 Å². The van der Waals surface area contributed by atoms with Crippen molar-refractivity contribution in [2.75, 3.05) is 0 Å². The third kappa shape index (κ3) is 3.35. The van der Waals surface area contributed by atoms with Crippen molar-refractivity contribution >= 4 is 0 Å². The van der Waals surface area contributed by atoms with E-state index in [4.69, 9.17) is 9.47 Å². The molecule has 1 aromatic rings. The van der Waals surface area contributed by atoms with Crippen LogP contribution in [0.3, 0.4) is 0 Å². The lowest BCUT2D eigenvalue weighted by Gasteiger charge is -2.02. The number of ether oxygens (including phenoxy) is 2. The van der Waals surface area contributed by atoms with Gasteiger partial charge in [-0.15, -0.1) is 0 Å². The van der Waals surface area contributed by atoms with Crippen molar-refractivity contribution < 1.29 is 9.47 Å². The molecular formula is C12H14O2. The molecule has 0 spiro atoms. The highest BCUT2D eigenvalue weighted by atomic mass is 16.5. The van der Waals surface area contributed by atoms with E-state index in [2.05, 4.69) is 0 Å². The average Bonchev–Trinajstić information content (AvgIpc) is 2.25. The highest BCUT2D eigenvalue weighted by Gasteiger charge is 1.92. The van der Waals surface area contributed by atoms with Gasteiger partial charge in [0.2, 0.25) is 0 Å². The molecule has 74 valence electrons. The lowest BCUT2D eigenvalue weighted by molar-refractivity contribution is 0.467. The highest BCUT2D eigenvalue weighted by molar-refractivity contribution is 5.32. The number of hydrogen-bond donors (Lipinski definition) is 0. The molecule has 0 atom stereocenters. The monoisotopic (exact) mass is 190 g/mol. The van der Waals surface area contributed by atoms with E-state index < -0.39 is 0 Å². The Morgan fingerprint density at radius 1 is 0.786 bits per heavy atom. The van der Waals surface area contributed by atoms with E-state index in [1.807, 2.05) is 50.3 Å². The third-order valence-corrected chi connectivity index (χ3v) is 1.50. The molecular weight excluding hydrogens is 176 g/mol. The summed E-state index contributed by atoms with van der Waals surface area (Å²) in [6, 6.07) is 7.44. The summed E-state index contributed by atoms with van der Waals surface area (Å²) in [6.45, 7) is 3.81. The molecule has 0 heterocycles. The van der Waals surface area contributed by atoms with E-state index in [1.165, 1.54) is 0 Å². The zero-order chi connectivity index (χ0) is 10.2. The summed E-state index contributed by atoms with van der Waals surface area (Å²) in [6.07, 6.45) is 6.96. The fourth-order valence-electron chi connectivity index (χ4n) is 0.890. The molecule has 2 heteroatoms. The maximum Gasteiger partial charge on any atom is 0.126 e. The van der Waals surface area contributed by atoms with Crippen LogP contribution in [0.4, 0.5) is 0 Å². The molecule has 0 bridgehead atoms. The van der Waals surface area contributed by atoms with Gasteiger partial charge in [0.05, 0.1) is 12.5 Å². The zero-order valence-corrected chi connectivity index (χ0v) is 8.44. The minimum Gasteiger partial charge on any atom is -0.465 e. The first-order valence-corrected chi connectivity index (χ1v) is 4.52. The minimum atomic E-state index is 0.802. The van der Waals surface area contributed by atoms with Gasteiger partial charge in [-0.1, -0.05) is 12.2 Å². The van der Waals surface area contributed by atoms with Crippen LogP contribution in [0.5, 0.6) is 11.5 Å². The van der Waals surface area contributed by atoms with Crippen LogP contribution in [-0.2, 0) is 0 Å². The van der Waals surface area contributed by atoms with E-state index in [1.54, 1.807) is 12.5 Å². The van der Waals surface area contributed by atoms with Crippen LogP contribution in [0.25, 0.3) is 0 Å². The molecule has 14 heavy (non-hydrogen) atoms. The largest absolute Gasteiger partial charge is 0.465 e. The molecule has 0 saturated heterocycles. The molecule has 0 radical (unpaired) electrons. The van der Waals surface area contributed by atoms with Crippen molar-refractivity contribution in [3.63, 3.8) is 0 Å². The van der Waals surface area contributed by atoms with Crippen LogP contribution in [0.2, 0.25) is 0 Å². The molecule has 0 N–H and O–H groups in total. The van der Waals surface area contributed by atoms with Crippen LogP contribution in [0, 0.1) is 0 Å². The van der Waals surface area contributed by atoms with Gasteiger partial charge in [-0.25, -0.2) is 0 Å². The van der Waals surface area contributed by atoms with Crippen LogP contribution < -0.4 is 9.47 Å². The van der Waals surface area contributed by atoms with Gasteiger partial charge in [-0.3, -0.25) is 0 Å². The van der Waals surface area contributed by atoms with Crippen molar-refractivity contribution in [1.29, 1.82) is 0 Å². The van der Waals surface area contributed by atoms with Crippen molar-refractivity contribution in [2.24, 2.45) is 0 Å². The minimum absolute atomic E-state index is 0.802. The normalized spacial score (nSPS) is 11.0. The number of hydrogen-bond acceptors (Lipinski definition) is 2. The van der Waals surface area contributed by atoms with E-state index in [0.717, 1.165) is 11.5 Å². The first-order valence-electron chi connectivity index (χ1n) is 4.52. The second-order valence-electron chi connectivity index (χ2n) is 2.65. The van der Waals surface area contributed by atoms with Crippen molar-refractivity contribution in [2.45, 2.75) is 13.8 Å². The average molecular weight is 190 g/mol. The molecule has 0 aliphatic heterocycles. The molecule has 1 rings (SSSR count). The molecule has 0 aliphatic carbocycles. The molecule has 2 nitrogen and oxygen atoms in total. The number of rotatable bonds is 4. The molecule has 0 fully saturated rings. The van der Waals surface area contributed by atoms with Crippen LogP contribution in [-0.4, -0.2) is 0 Å². The van der Waals surface area contributed by atoms with Crippen LogP contribution >= 0.6 is 0 Å². The Labute approximate surface area is 84.5 Å². The zero-order valence-electron chi connectivity index (χ0n) is 8.44. The SMILES string of the molecule is C/C=C\Oc1ccc(O/C=C\C)cc1. The Morgan fingerprint density at radius 3 is 1.43 bits per heavy atom. The first-order chi connectivity index (χ1) is 6.86. The Kier molecular flexibility index (Phi) is 4.35. The van der Waals surface area contributed by atoms with Gasteiger partial charge in [0, 0.05) is 0 Å². The molecule has 0 saturated carbocycles. The fourth-order valence-corrected chi connectivity index (χ4v) is 0.890. The second-order valence-corrected chi connectivity index (χ2v) is 2.65. The predicted octanol–water partition coefficient (Wildman–Crippen LogP) is 3.51. The molecule has 0 amide bonds. The van der Waals surface area contributed by atoms with Gasteiger partial charge in [-0.2, -0.15) is 0 Å². The van der Waals surface area contributed by atoms with E-state index in [0.29, 0.717) is 0 Å². The quantitative estimate of drug-likeness (QED) is 0.676. The maximum absolute atomic E-state index is 5.26. The lowest BCUT2D eigenvalue weighted by Crippen LogP contribution is -1.83. The van der Waals surface area contributed by atoms with E-state index in [9.17, 15) is 0 Å². The molecule has 0 aromatic heterocycles. The standard InChI is InChI=1S/C12H14O2/c1-3-9-13-11-5-7-12(8-6-11)14-10-4-2/h3-10H,1-2H3/b9-3-,10-4-. The summed E-state index contributed by atoms with van der Waals surface area (Å²) >= 11 is 0. The Hall–Kier alpha value is -1.70. The third-order valence-electron chi connectivity index (χ3n) is 1.50. The summed E-state index contributed by atoms with van der Waals surface area (Å²) in [4.78, 5) is 0. The second kappa shape index (κ2) is 5.86. The fraction of sp³-hybridized carbons (Fsp3) is 0.167. The Morgan fingerprint density at radius 2 is 1.14 bits per heavy atom. The lowest BCUT2D eigenvalue weighted by atomic mass is 10.3. The maximum atomic E-state index is 5.26. The summed E-state index contributed by atoms with van der Waals surface area (Å²) < 4.78 is 10.5. The van der Waals surface area contributed by atoms with Crippen LogP contribution in [0.1, 0.15) is 13.8 Å². The van der Waals surface area contributed by atoms with Gasteiger partial charge in [-0.05, 0) is 38.1 Å².